The third-order valence-electron chi connectivity index (χ3n) is 4.10. The Hall–Kier alpha value is -1.67. The normalized spacial score (nSPS) is 16.2. The maximum Gasteiger partial charge on any atom is 0.258 e. The zero-order valence-electron chi connectivity index (χ0n) is 14.1. The van der Waals surface area contributed by atoms with Crippen LogP contribution >= 0.6 is 22.9 Å². The number of ether oxygens (including phenoxy) is 2. The van der Waals surface area contributed by atoms with E-state index in [1.54, 1.807) is 11.3 Å². The summed E-state index contributed by atoms with van der Waals surface area (Å²) in [5.74, 6) is -0.414. The van der Waals surface area contributed by atoms with Crippen LogP contribution in [0.4, 0.5) is 4.39 Å². The first-order valence-electron chi connectivity index (χ1n) is 8.33. The van der Waals surface area contributed by atoms with Gasteiger partial charge in [0.15, 0.2) is 6.61 Å². The summed E-state index contributed by atoms with van der Waals surface area (Å²) in [6, 6.07) is 8.00. The van der Waals surface area contributed by atoms with E-state index in [4.69, 9.17) is 21.1 Å². The van der Waals surface area contributed by atoms with E-state index in [2.05, 4.69) is 16.3 Å². The number of hydrogen-bond donors (Lipinski definition) is 1. The summed E-state index contributed by atoms with van der Waals surface area (Å²) in [5, 5.41) is 5.09. The third-order valence-corrected chi connectivity index (χ3v) is 5.37. The lowest BCUT2D eigenvalue weighted by Gasteiger charge is -2.34. The van der Waals surface area contributed by atoms with Gasteiger partial charge in [-0.25, -0.2) is 4.39 Å². The Labute approximate surface area is 160 Å². The number of benzene rings is 1. The Morgan fingerprint density at radius 3 is 2.88 bits per heavy atom. The van der Waals surface area contributed by atoms with Crippen LogP contribution in [0.5, 0.6) is 5.75 Å². The van der Waals surface area contributed by atoms with Gasteiger partial charge >= 0.3 is 0 Å². The molecule has 26 heavy (non-hydrogen) atoms. The van der Waals surface area contributed by atoms with E-state index in [-0.39, 0.29) is 29.3 Å². The molecule has 2 heterocycles. The van der Waals surface area contributed by atoms with Gasteiger partial charge in [-0.2, -0.15) is 0 Å². The SMILES string of the molecule is O=C(COc1ccc(F)cc1Cl)NC[C@@H](c1cccs1)N1CCOCC1. The van der Waals surface area contributed by atoms with Crippen LogP contribution in [-0.4, -0.2) is 50.3 Å². The van der Waals surface area contributed by atoms with Gasteiger partial charge in [-0.15, -0.1) is 11.3 Å². The molecule has 8 heteroatoms. The molecule has 1 fully saturated rings. The van der Waals surface area contributed by atoms with E-state index >= 15 is 0 Å². The molecule has 3 rings (SSSR count). The van der Waals surface area contributed by atoms with Crippen molar-refractivity contribution >= 4 is 28.8 Å². The van der Waals surface area contributed by atoms with Crippen molar-refractivity contribution < 1.29 is 18.7 Å². The second-order valence-electron chi connectivity index (χ2n) is 5.85. The van der Waals surface area contributed by atoms with Crippen LogP contribution in [0.3, 0.4) is 0 Å². The molecule has 0 spiro atoms. The van der Waals surface area contributed by atoms with Gasteiger partial charge in [-0.05, 0) is 29.6 Å². The quantitative estimate of drug-likeness (QED) is 0.778. The van der Waals surface area contributed by atoms with E-state index in [0.717, 1.165) is 19.2 Å². The van der Waals surface area contributed by atoms with Gasteiger partial charge in [0, 0.05) is 24.5 Å². The van der Waals surface area contributed by atoms with E-state index in [1.807, 2.05) is 11.4 Å². The van der Waals surface area contributed by atoms with E-state index in [9.17, 15) is 9.18 Å². The molecule has 1 aromatic heterocycles. The van der Waals surface area contributed by atoms with Gasteiger partial charge in [0.1, 0.15) is 11.6 Å². The van der Waals surface area contributed by atoms with Gasteiger partial charge in [0.25, 0.3) is 5.91 Å². The molecule has 1 amide bonds. The number of carbonyl (C=O) groups excluding carboxylic acids is 1. The van der Waals surface area contributed by atoms with Crippen LogP contribution < -0.4 is 10.1 Å². The Morgan fingerprint density at radius 1 is 1.38 bits per heavy atom. The summed E-state index contributed by atoms with van der Waals surface area (Å²) < 4.78 is 23.8. The van der Waals surface area contributed by atoms with Crippen molar-refractivity contribution in [1.82, 2.24) is 10.2 Å². The topological polar surface area (TPSA) is 50.8 Å². The highest BCUT2D eigenvalue weighted by Gasteiger charge is 2.24. The van der Waals surface area contributed by atoms with E-state index < -0.39 is 5.82 Å². The largest absolute Gasteiger partial charge is 0.482 e. The molecule has 0 aliphatic carbocycles. The number of morpholine rings is 1. The summed E-state index contributed by atoms with van der Waals surface area (Å²) in [6.07, 6.45) is 0. The molecular weight excluding hydrogens is 379 g/mol. The van der Waals surface area contributed by atoms with Crippen molar-refractivity contribution in [2.24, 2.45) is 0 Å². The molecule has 2 aromatic rings. The highest BCUT2D eigenvalue weighted by atomic mass is 35.5. The summed E-state index contributed by atoms with van der Waals surface area (Å²) in [5.41, 5.74) is 0. The summed E-state index contributed by atoms with van der Waals surface area (Å²) in [6.45, 7) is 3.37. The second-order valence-corrected chi connectivity index (χ2v) is 7.23. The highest BCUT2D eigenvalue weighted by molar-refractivity contribution is 7.10. The number of nitrogens with one attached hydrogen (secondary N) is 1. The lowest BCUT2D eigenvalue weighted by atomic mass is 10.2. The zero-order chi connectivity index (χ0) is 18.4. The molecule has 1 aliphatic rings. The molecule has 1 saturated heterocycles. The number of rotatable bonds is 7. The molecule has 0 bridgehead atoms. The fourth-order valence-electron chi connectivity index (χ4n) is 2.78. The maximum atomic E-state index is 13.0. The van der Waals surface area contributed by atoms with Crippen LogP contribution in [0.25, 0.3) is 0 Å². The Balaban J connectivity index is 1.53. The average molecular weight is 399 g/mol. The van der Waals surface area contributed by atoms with Crippen molar-refractivity contribution in [3.05, 3.63) is 51.4 Å². The molecule has 1 N–H and O–H groups in total. The van der Waals surface area contributed by atoms with Crippen molar-refractivity contribution in [3.63, 3.8) is 0 Å². The number of amides is 1. The minimum absolute atomic E-state index is 0.109. The fourth-order valence-corrected chi connectivity index (χ4v) is 3.86. The molecule has 1 aromatic carbocycles. The van der Waals surface area contributed by atoms with Crippen LogP contribution in [0.1, 0.15) is 10.9 Å². The van der Waals surface area contributed by atoms with Crippen LogP contribution in [0.2, 0.25) is 5.02 Å². The van der Waals surface area contributed by atoms with Crippen molar-refractivity contribution in [3.8, 4) is 5.75 Å². The van der Waals surface area contributed by atoms with Crippen LogP contribution in [0.15, 0.2) is 35.7 Å². The van der Waals surface area contributed by atoms with E-state index in [0.29, 0.717) is 19.8 Å². The first kappa shape index (κ1) is 19.1. The number of nitrogens with zero attached hydrogens (tertiary/aromatic N) is 1. The standard InChI is InChI=1S/C18H20ClFN2O3S/c19-14-10-13(20)3-4-16(14)25-12-18(23)21-11-15(17-2-1-9-26-17)22-5-7-24-8-6-22/h1-4,9-10,15H,5-8,11-12H2,(H,21,23)/t15-/m0/s1. The first-order valence-corrected chi connectivity index (χ1v) is 9.59. The molecule has 0 saturated carbocycles. The fraction of sp³-hybridized carbons (Fsp3) is 0.389. The van der Waals surface area contributed by atoms with Gasteiger partial charge in [-0.3, -0.25) is 9.69 Å². The zero-order valence-corrected chi connectivity index (χ0v) is 15.7. The van der Waals surface area contributed by atoms with Gasteiger partial charge in [0.05, 0.1) is 24.3 Å². The van der Waals surface area contributed by atoms with Gasteiger partial charge in [-0.1, -0.05) is 17.7 Å². The number of carbonyl (C=O) groups is 1. The van der Waals surface area contributed by atoms with Crippen molar-refractivity contribution in [2.45, 2.75) is 6.04 Å². The predicted molar refractivity (Wildman–Crippen MR) is 99.4 cm³/mol. The Kier molecular flexibility index (Phi) is 6.85. The van der Waals surface area contributed by atoms with Crippen LogP contribution in [0, 0.1) is 5.82 Å². The monoisotopic (exact) mass is 398 g/mol. The molecular formula is C18H20ClFN2O3S. The summed E-state index contributed by atoms with van der Waals surface area (Å²) in [7, 11) is 0. The second kappa shape index (κ2) is 9.32. The molecule has 140 valence electrons. The first-order chi connectivity index (χ1) is 12.6. The maximum absolute atomic E-state index is 13.0. The molecule has 0 radical (unpaired) electrons. The average Bonchev–Trinajstić information content (AvgIpc) is 3.16. The molecule has 5 nitrogen and oxygen atoms in total. The van der Waals surface area contributed by atoms with Crippen molar-refractivity contribution in [1.29, 1.82) is 0 Å². The van der Waals surface area contributed by atoms with E-state index in [1.165, 1.54) is 17.0 Å². The molecule has 1 aliphatic heterocycles. The summed E-state index contributed by atoms with van der Waals surface area (Å²) >= 11 is 7.57. The predicted octanol–water partition coefficient (Wildman–Crippen LogP) is 3.11. The lowest BCUT2D eigenvalue weighted by Crippen LogP contribution is -2.44. The lowest BCUT2D eigenvalue weighted by molar-refractivity contribution is -0.123. The number of halogens is 2. The molecule has 1 atom stereocenters. The van der Waals surface area contributed by atoms with Gasteiger partial charge in [0.2, 0.25) is 0 Å². The van der Waals surface area contributed by atoms with Gasteiger partial charge < -0.3 is 14.8 Å². The Morgan fingerprint density at radius 2 is 2.19 bits per heavy atom. The Bertz CT molecular complexity index is 723. The highest BCUT2D eigenvalue weighted by Crippen LogP contribution is 2.26. The minimum atomic E-state index is -0.448. The van der Waals surface area contributed by atoms with Crippen molar-refractivity contribution in [2.75, 3.05) is 39.5 Å². The third kappa shape index (κ3) is 5.17. The molecule has 0 unspecified atom stereocenters. The smallest absolute Gasteiger partial charge is 0.258 e. The van der Waals surface area contributed by atoms with Crippen LogP contribution in [-0.2, 0) is 9.53 Å². The number of hydrogen-bond acceptors (Lipinski definition) is 5. The summed E-state index contributed by atoms with van der Waals surface area (Å²) in [4.78, 5) is 15.7. The number of thiophene rings is 1. The minimum Gasteiger partial charge on any atom is -0.482 e.